The van der Waals surface area contributed by atoms with Crippen LogP contribution < -0.4 is 25.4 Å². The molecule has 0 spiro atoms. The highest BCUT2D eigenvalue weighted by Crippen LogP contribution is 2.37. The van der Waals surface area contributed by atoms with Crippen molar-refractivity contribution in [2.45, 2.75) is 29.7 Å². The number of carbonyl (C=O) groups excluding carboxylic acids is 3. The number of alkyl halides is 3. The Balaban J connectivity index is 1.57. The van der Waals surface area contributed by atoms with Gasteiger partial charge in [0.1, 0.15) is 5.70 Å². The van der Waals surface area contributed by atoms with Crippen molar-refractivity contribution in [1.29, 1.82) is 0 Å². The zero-order valence-electron chi connectivity index (χ0n) is 26.0. The molecule has 250 valence electrons. The Kier molecular flexibility index (Phi) is 12.2. The fraction of sp³-hybridized carbons (Fsp3) is 0.171. The van der Waals surface area contributed by atoms with Crippen LogP contribution in [-0.2, 0) is 15.8 Å². The summed E-state index contributed by atoms with van der Waals surface area (Å²) >= 11 is 6.88. The van der Waals surface area contributed by atoms with E-state index in [-0.39, 0.29) is 10.7 Å². The van der Waals surface area contributed by atoms with Gasteiger partial charge in [-0.3, -0.25) is 14.4 Å². The monoisotopic (exact) mass is 697 g/mol. The van der Waals surface area contributed by atoms with Gasteiger partial charge in [-0.1, -0.05) is 54.9 Å². The van der Waals surface area contributed by atoms with E-state index in [9.17, 15) is 27.6 Å². The second-order valence-corrected chi connectivity index (χ2v) is 11.8. The van der Waals surface area contributed by atoms with Crippen LogP contribution in [0.1, 0.15) is 34.8 Å². The van der Waals surface area contributed by atoms with Crippen molar-refractivity contribution < 1.29 is 37.0 Å². The molecule has 13 heteroatoms. The molecule has 0 saturated heterocycles. The average Bonchev–Trinajstić information content (AvgIpc) is 3.07. The molecule has 4 rings (SSSR count). The maximum Gasteiger partial charge on any atom is 0.418 e. The minimum absolute atomic E-state index is 0.0947. The number of halogens is 4. The molecular formula is C35H31ClF3N3O5S. The first-order chi connectivity index (χ1) is 22.9. The highest BCUT2D eigenvalue weighted by Gasteiger charge is 2.34. The number of methoxy groups -OCH3 is 2. The van der Waals surface area contributed by atoms with E-state index in [0.29, 0.717) is 39.6 Å². The lowest BCUT2D eigenvalue weighted by atomic mass is 10.1. The van der Waals surface area contributed by atoms with E-state index in [1.807, 2.05) is 0 Å². The predicted octanol–water partition coefficient (Wildman–Crippen LogP) is 8.30. The predicted molar refractivity (Wildman–Crippen MR) is 182 cm³/mol. The summed E-state index contributed by atoms with van der Waals surface area (Å²) in [5.74, 6) is -1.04. The molecule has 1 atom stereocenters. The van der Waals surface area contributed by atoms with Crippen molar-refractivity contribution in [3.8, 4) is 11.5 Å². The summed E-state index contributed by atoms with van der Waals surface area (Å²) < 4.78 is 51.6. The van der Waals surface area contributed by atoms with Crippen molar-refractivity contribution in [3.63, 3.8) is 0 Å². The fourth-order valence-corrected chi connectivity index (χ4v) is 5.71. The van der Waals surface area contributed by atoms with Crippen LogP contribution in [0.2, 0.25) is 5.02 Å². The Morgan fingerprint density at radius 3 is 2.29 bits per heavy atom. The molecular weight excluding hydrogens is 667 g/mol. The minimum Gasteiger partial charge on any atom is -0.493 e. The highest BCUT2D eigenvalue weighted by atomic mass is 35.5. The van der Waals surface area contributed by atoms with E-state index in [1.54, 1.807) is 79.7 Å². The van der Waals surface area contributed by atoms with E-state index in [1.165, 1.54) is 26.4 Å². The molecule has 0 fully saturated rings. The Bertz CT molecular complexity index is 1820. The summed E-state index contributed by atoms with van der Waals surface area (Å²) in [6.45, 7) is 1.73. The molecule has 3 N–H and O–H groups in total. The van der Waals surface area contributed by atoms with Gasteiger partial charge in [0.15, 0.2) is 11.5 Å². The van der Waals surface area contributed by atoms with Gasteiger partial charge in [-0.05, 0) is 67.1 Å². The van der Waals surface area contributed by atoms with Crippen molar-refractivity contribution in [2.75, 3.05) is 24.9 Å². The van der Waals surface area contributed by atoms with Gasteiger partial charge in [-0.2, -0.15) is 13.2 Å². The normalized spacial score (nSPS) is 12.1. The lowest BCUT2D eigenvalue weighted by Crippen LogP contribution is -2.30. The number of ether oxygens (including phenoxy) is 2. The van der Waals surface area contributed by atoms with Gasteiger partial charge in [0.2, 0.25) is 5.91 Å². The Morgan fingerprint density at radius 2 is 1.62 bits per heavy atom. The molecule has 3 amide bonds. The van der Waals surface area contributed by atoms with E-state index in [2.05, 4.69) is 16.0 Å². The van der Waals surface area contributed by atoms with Crippen LogP contribution >= 0.6 is 23.4 Å². The average molecular weight is 698 g/mol. The Labute approximate surface area is 284 Å². The number of anilines is 2. The highest BCUT2D eigenvalue weighted by molar-refractivity contribution is 8.00. The number of benzene rings is 4. The first kappa shape index (κ1) is 35.9. The van der Waals surface area contributed by atoms with E-state index in [4.69, 9.17) is 21.1 Å². The molecule has 0 bridgehead atoms. The van der Waals surface area contributed by atoms with Gasteiger partial charge >= 0.3 is 6.18 Å². The number of amides is 3. The van der Waals surface area contributed by atoms with Crippen LogP contribution in [0.4, 0.5) is 24.5 Å². The molecule has 1 unspecified atom stereocenters. The summed E-state index contributed by atoms with van der Waals surface area (Å²) in [5, 5.41) is 6.94. The second kappa shape index (κ2) is 16.2. The molecule has 0 aliphatic carbocycles. The lowest BCUT2D eigenvalue weighted by molar-refractivity contribution is -0.137. The molecule has 0 aliphatic heterocycles. The SMILES string of the molecule is CCC(Sc1cccc(NC(=O)/C(=C\c2cccc(OC)c2OC)NC(=O)c2ccccc2)c1)C(=O)Nc1ccc(Cl)cc1C(F)(F)F. The molecule has 0 aliphatic rings. The molecule has 0 aromatic heterocycles. The topological polar surface area (TPSA) is 106 Å². The van der Waals surface area contributed by atoms with Crippen molar-refractivity contribution in [3.05, 3.63) is 118 Å². The van der Waals surface area contributed by atoms with Gasteiger partial charge in [-0.15, -0.1) is 11.8 Å². The van der Waals surface area contributed by atoms with Gasteiger partial charge in [0.25, 0.3) is 11.8 Å². The van der Waals surface area contributed by atoms with Gasteiger partial charge < -0.3 is 25.4 Å². The van der Waals surface area contributed by atoms with E-state index in [0.717, 1.165) is 23.9 Å². The third-order valence-electron chi connectivity index (χ3n) is 6.84. The molecule has 0 radical (unpaired) electrons. The zero-order valence-corrected chi connectivity index (χ0v) is 27.6. The molecule has 0 heterocycles. The molecule has 48 heavy (non-hydrogen) atoms. The number of hydrogen-bond acceptors (Lipinski definition) is 6. The van der Waals surface area contributed by atoms with Crippen LogP contribution in [0, 0.1) is 0 Å². The number of carbonyl (C=O) groups is 3. The second-order valence-electron chi connectivity index (χ2n) is 10.1. The van der Waals surface area contributed by atoms with E-state index >= 15 is 0 Å². The summed E-state index contributed by atoms with van der Waals surface area (Å²) in [6.07, 6.45) is -2.97. The van der Waals surface area contributed by atoms with Crippen molar-refractivity contribution in [2.24, 2.45) is 0 Å². The third kappa shape index (κ3) is 9.33. The first-order valence-corrected chi connectivity index (χ1v) is 15.7. The lowest BCUT2D eigenvalue weighted by Gasteiger charge is -2.18. The first-order valence-electron chi connectivity index (χ1n) is 14.5. The van der Waals surface area contributed by atoms with Crippen LogP contribution in [0.3, 0.4) is 0 Å². The third-order valence-corrected chi connectivity index (χ3v) is 8.43. The number of thioether (sulfide) groups is 1. The number of rotatable bonds is 12. The summed E-state index contributed by atoms with van der Waals surface area (Å²) in [6, 6.07) is 23.2. The minimum atomic E-state index is -4.72. The van der Waals surface area contributed by atoms with Crippen LogP contribution in [0.5, 0.6) is 11.5 Å². The Hall–Kier alpha value is -4.94. The molecule has 4 aromatic rings. The van der Waals surface area contributed by atoms with Gasteiger partial charge in [0, 0.05) is 26.7 Å². The van der Waals surface area contributed by atoms with E-state index < -0.39 is 40.4 Å². The maximum atomic E-state index is 13.6. The largest absolute Gasteiger partial charge is 0.493 e. The summed E-state index contributed by atoms with van der Waals surface area (Å²) in [5.41, 5.74) is -0.412. The van der Waals surface area contributed by atoms with Crippen LogP contribution in [0.15, 0.2) is 102 Å². The number of hydrogen-bond donors (Lipinski definition) is 3. The smallest absolute Gasteiger partial charge is 0.418 e. The standard InChI is InChI=1S/C35H31ClF3N3O5S/c1-4-30(34(45)41-27-17-16-23(36)19-26(27)35(37,38)39)48-25-14-9-13-24(20-25)40-33(44)28(42-32(43)21-10-6-5-7-11-21)18-22-12-8-15-29(46-2)31(22)47-3/h5-20,30H,4H2,1-3H3,(H,40,44)(H,41,45)(H,42,43)/b28-18+. The zero-order chi connectivity index (χ0) is 34.8. The quantitative estimate of drug-likeness (QED) is 0.102. The maximum absolute atomic E-state index is 13.6. The van der Waals surface area contributed by atoms with Crippen molar-refractivity contribution >= 4 is 58.5 Å². The molecule has 0 saturated carbocycles. The number of nitrogens with one attached hydrogen (secondary N) is 3. The Morgan fingerprint density at radius 1 is 0.896 bits per heavy atom. The molecule has 4 aromatic carbocycles. The van der Waals surface area contributed by atoms with Crippen molar-refractivity contribution in [1.82, 2.24) is 5.32 Å². The van der Waals surface area contributed by atoms with Gasteiger partial charge in [0.05, 0.1) is 30.7 Å². The molecule has 8 nitrogen and oxygen atoms in total. The number of para-hydroxylation sites is 1. The summed E-state index contributed by atoms with van der Waals surface area (Å²) in [4.78, 5) is 40.4. The van der Waals surface area contributed by atoms with Crippen LogP contribution in [-0.4, -0.2) is 37.2 Å². The fourth-order valence-electron chi connectivity index (χ4n) is 4.53. The summed E-state index contributed by atoms with van der Waals surface area (Å²) in [7, 11) is 2.93. The van der Waals surface area contributed by atoms with Crippen LogP contribution in [0.25, 0.3) is 6.08 Å². The van der Waals surface area contributed by atoms with Gasteiger partial charge in [-0.25, -0.2) is 0 Å².